The van der Waals surface area contributed by atoms with Crippen molar-refractivity contribution >= 4 is 17.9 Å². The molecule has 4 atom stereocenters. The molecule has 0 saturated carbocycles. The van der Waals surface area contributed by atoms with Crippen LogP contribution in [0.3, 0.4) is 0 Å². The van der Waals surface area contributed by atoms with Gasteiger partial charge < -0.3 is 30.5 Å². The molecule has 1 aromatic carbocycles. The summed E-state index contributed by atoms with van der Waals surface area (Å²) in [5, 5.41) is 39.4. The summed E-state index contributed by atoms with van der Waals surface area (Å²) >= 11 is 0. The van der Waals surface area contributed by atoms with Crippen molar-refractivity contribution in [2.75, 3.05) is 13.2 Å². The summed E-state index contributed by atoms with van der Waals surface area (Å²) in [6.07, 6.45) is -4.79. The summed E-state index contributed by atoms with van der Waals surface area (Å²) in [6, 6.07) is 9.33. The molecule has 1 aromatic rings. The van der Waals surface area contributed by atoms with Gasteiger partial charge in [-0.1, -0.05) is 37.3 Å². The van der Waals surface area contributed by atoms with E-state index in [-0.39, 0.29) is 13.2 Å². The lowest BCUT2D eigenvalue weighted by Gasteiger charge is -2.22. The molecular formula is C17H23NO8. The average molecular weight is 369 g/mol. The van der Waals surface area contributed by atoms with Gasteiger partial charge in [0, 0.05) is 19.7 Å². The van der Waals surface area contributed by atoms with Crippen molar-refractivity contribution in [2.24, 2.45) is 11.8 Å². The van der Waals surface area contributed by atoms with E-state index in [1.165, 1.54) is 0 Å². The number of carbonyl (C=O) groups is 3. The Hall–Kier alpha value is -2.33. The Kier molecular flexibility index (Phi) is 8.86. The van der Waals surface area contributed by atoms with E-state index in [0.717, 1.165) is 5.56 Å². The van der Waals surface area contributed by atoms with Gasteiger partial charge in [-0.2, -0.15) is 0 Å². The van der Waals surface area contributed by atoms with Crippen molar-refractivity contribution in [1.82, 2.24) is 5.32 Å². The van der Waals surface area contributed by atoms with Crippen LogP contribution in [0.4, 0.5) is 0 Å². The highest BCUT2D eigenvalue weighted by molar-refractivity contribution is 5.92. The summed E-state index contributed by atoms with van der Waals surface area (Å²) in [5.41, 5.74) is 0.965. The Morgan fingerprint density at radius 2 is 1.69 bits per heavy atom. The molecule has 0 saturated heterocycles. The van der Waals surface area contributed by atoms with Crippen LogP contribution in [0, 0.1) is 11.8 Å². The number of hydrogen-bond donors (Lipinski definition) is 5. The number of ether oxygens (including phenoxy) is 1. The zero-order chi connectivity index (χ0) is 19.7. The fourth-order valence-corrected chi connectivity index (χ4v) is 2.11. The molecule has 9 heteroatoms. The third kappa shape index (κ3) is 6.52. The van der Waals surface area contributed by atoms with Gasteiger partial charge in [-0.05, 0) is 11.5 Å². The topological polar surface area (TPSA) is 153 Å². The van der Waals surface area contributed by atoms with E-state index < -0.39 is 42.0 Å². The molecule has 26 heavy (non-hydrogen) atoms. The Labute approximate surface area is 150 Å². The molecule has 0 aliphatic carbocycles. The van der Waals surface area contributed by atoms with Gasteiger partial charge in [-0.15, -0.1) is 0 Å². The van der Waals surface area contributed by atoms with Crippen molar-refractivity contribution in [3.05, 3.63) is 35.9 Å². The number of carboxylic acid groups (broad SMARTS) is 1. The molecule has 0 aliphatic rings. The molecule has 0 bridgehead atoms. The number of carbonyl (C=O) groups excluding carboxylic acids is 2. The van der Waals surface area contributed by atoms with Crippen LogP contribution < -0.4 is 5.32 Å². The van der Waals surface area contributed by atoms with E-state index in [1.807, 2.05) is 30.3 Å². The van der Waals surface area contributed by atoms with Crippen LogP contribution in [-0.2, 0) is 25.7 Å². The molecule has 3 unspecified atom stereocenters. The molecule has 144 valence electrons. The van der Waals surface area contributed by atoms with Crippen molar-refractivity contribution in [2.45, 2.75) is 25.7 Å². The fraction of sp³-hybridized carbons (Fsp3) is 0.471. The van der Waals surface area contributed by atoms with Crippen LogP contribution in [0.1, 0.15) is 12.5 Å². The predicted molar refractivity (Wildman–Crippen MR) is 88.6 cm³/mol. The van der Waals surface area contributed by atoms with Gasteiger partial charge in [0.05, 0.1) is 5.92 Å². The number of esters is 2. The lowest BCUT2D eigenvalue weighted by molar-refractivity contribution is -0.178. The first kappa shape index (κ1) is 21.7. The number of aliphatic hydroxyl groups is 3. The summed E-state index contributed by atoms with van der Waals surface area (Å²) < 4.78 is 4.47. The summed E-state index contributed by atoms with van der Waals surface area (Å²) in [4.78, 5) is 34.3. The molecule has 0 spiro atoms. The highest BCUT2D eigenvalue weighted by Gasteiger charge is 2.35. The van der Waals surface area contributed by atoms with Crippen molar-refractivity contribution in [1.29, 1.82) is 0 Å². The molecular weight excluding hydrogens is 346 g/mol. The Bertz CT molecular complexity index is 606. The minimum absolute atomic E-state index is 0.0836. The molecule has 0 fully saturated rings. The van der Waals surface area contributed by atoms with Gasteiger partial charge in [0.1, 0.15) is 0 Å². The predicted octanol–water partition coefficient (Wildman–Crippen LogP) is -1.10. The van der Waals surface area contributed by atoms with Crippen LogP contribution >= 0.6 is 0 Å². The molecule has 0 amide bonds. The van der Waals surface area contributed by atoms with Gasteiger partial charge >= 0.3 is 17.9 Å². The molecule has 0 radical (unpaired) electrons. The maximum atomic E-state index is 12.2. The molecule has 0 aliphatic heterocycles. The Morgan fingerprint density at radius 1 is 1.08 bits per heavy atom. The van der Waals surface area contributed by atoms with Gasteiger partial charge in [0.25, 0.3) is 0 Å². The average Bonchev–Trinajstić information content (AvgIpc) is 2.63. The first-order chi connectivity index (χ1) is 12.3. The largest absolute Gasteiger partial charge is 0.479 e. The van der Waals surface area contributed by atoms with E-state index in [0.29, 0.717) is 6.54 Å². The number of benzene rings is 1. The summed E-state index contributed by atoms with van der Waals surface area (Å²) in [5.74, 6) is -5.90. The number of carboxylic acids is 1. The fourth-order valence-electron chi connectivity index (χ4n) is 2.11. The standard InChI is InChI=1S/C17H23NO8/c1-10(9-19)12(8-18-7-11-5-3-2-4-6-11)16(24)26-17(25)14(21)13(20)15(22)23/h2-6,10,12-14,18-21H,7-9H2,1H3,(H,22,23)/t10-,12?,13?,14?/m1/s1. The van der Waals surface area contributed by atoms with Crippen molar-refractivity contribution in [3.63, 3.8) is 0 Å². The van der Waals surface area contributed by atoms with E-state index in [1.54, 1.807) is 6.92 Å². The quantitative estimate of drug-likeness (QED) is 0.255. The molecule has 1 rings (SSSR count). The summed E-state index contributed by atoms with van der Waals surface area (Å²) in [6.45, 7) is 1.75. The Balaban J connectivity index is 2.65. The van der Waals surface area contributed by atoms with E-state index >= 15 is 0 Å². The lowest BCUT2D eigenvalue weighted by Crippen LogP contribution is -2.43. The zero-order valence-electron chi connectivity index (χ0n) is 14.2. The smallest absolute Gasteiger partial charge is 0.346 e. The van der Waals surface area contributed by atoms with E-state index in [9.17, 15) is 24.6 Å². The van der Waals surface area contributed by atoms with Crippen LogP contribution in [-0.4, -0.2) is 63.7 Å². The van der Waals surface area contributed by atoms with Crippen LogP contribution in [0.25, 0.3) is 0 Å². The van der Waals surface area contributed by atoms with Crippen LogP contribution in [0.5, 0.6) is 0 Å². The highest BCUT2D eigenvalue weighted by atomic mass is 16.6. The maximum absolute atomic E-state index is 12.2. The van der Waals surface area contributed by atoms with Gasteiger partial charge in [-0.3, -0.25) is 4.79 Å². The Morgan fingerprint density at radius 3 is 2.23 bits per heavy atom. The molecule has 5 N–H and O–H groups in total. The maximum Gasteiger partial charge on any atom is 0.346 e. The number of aliphatic carboxylic acids is 1. The van der Waals surface area contributed by atoms with E-state index in [4.69, 9.17) is 10.2 Å². The van der Waals surface area contributed by atoms with Gasteiger partial charge in [0.15, 0.2) is 12.2 Å². The lowest BCUT2D eigenvalue weighted by atomic mass is 9.94. The first-order valence-corrected chi connectivity index (χ1v) is 7.97. The number of rotatable bonds is 10. The molecule has 0 heterocycles. The van der Waals surface area contributed by atoms with Crippen LogP contribution in [0.2, 0.25) is 0 Å². The number of aliphatic hydroxyl groups excluding tert-OH is 3. The normalized spacial score (nSPS) is 15.5. The monoisotopic (exact) mass is 369 g/mol. The van der Waals surface area contributed by atoms with Crippen molar-refractivity contribution < 1.29 is 39.5 Å². The second-order valence-corrected chi connectivity index (χ2v) is 5.85. The third-order valence-electron chi connectivity index (χ3n) is 3.81. The minimum atomic E-state index is -2.40. The minimum Gasteiger partial charge on any atom is -0.479 e. The second kappa shape index (κ2) is 10.6. The van der Waals surface area contributed by atoms with Gasteiger partial charge in [0.2, 0.25) is 0 Å². The molecule has 9 nitrogen and oxygen atoms in total. The SMILES string of the molecule is C[C@H](CO)C(CNCc1ccccc1)C(=O)OC(=O)C(O)C(O)C(=O)O. The van der Waals surface area contributed by atoms with Crippen molar-refractivity contribution in [3.8, 4) is 0 Å². The summed E-state index contributed by atoms with van der Waals surface area (Å²) in [7, 11) is 0. The third-order valence-corrected chi connectivity index (χ3v) is 3.81. The molecule has 0 aromatic heterocycles. The zero-order valence-corrected chi connectivity index (χ0v) is 14.2. The first-order valence-electron chi connectivity index (χ1n) is 7.97. The van der Waals surface area contributed by atoms with Gasteiger partial charge in [-0.25, -0.2) is 9.59 Å². The van der Waals surface area contributed by atoms with E-state index in [2.05, 4.69) is 10.1 Å². The number of hydrogen-bond acceptors (Lipinski definition) is 8. The highest BCUT2D eigenvalue weighted by Crippen LogP contribution is 2.14. The second-order valence-electron chi connectivity index (χ2n) is 5.85. The number of nitrogens with one attached hydrogen (secondary N) is 1. The van der Waals surface area contributed by atoms with Crippen LogP contribution in [0.15, 0.2) is 30.3 Å².